The lowest BCUT2D eigenvalue weighted by Crippen LogP contribution is -2.31. The normalized spacial score (nSPS) is 12.6. The summed E-state index contributed by atoms with van der Waals surface area (Å²) in [5, 5.41) is 4.86. The van der Waals surface area contributed by atoms with Crippen LogP contribution in [0.4, 0.5) is 0 Å². The highest BCUT2D eigenvalue weighted by atomic mass is 79.9. The first kappa shape index (κ1) is 16.5. The van der Waals surface area contributed by atoms with Crippen molar-refractivity contribution >= 4 is 27.5 Å². The van der Waals surface area contributed by atoms with Crippen LogP contribution < -0.4 is 11.3 Å². The van der Waals surface area contributed by atoms with Gasteiger partial charge in [-0.05, 0) is 24.1 Å². The Morgan fingerprint density at radius 1 is 1.52 bits per heavy atom. The van der Waals surface area contributed by atoms with Crippen molar-refractivity contribution in [1.29, 1.82) is 0 Å². The highest BCUT2D eigenvalue weighted by molar-refractivity contribution is 9.10. The van der Waals surface area contributed by atoms with E-state index in [4.69, 9.17) is 22.2 Å². The number of rotatable bonds is 6. The molecule has 2 rings (SSSR count). The number of nitrogens with zero attached hydrogens (tertiary/aromatic N) is 2. The molecule has 1 atom stereocenters. The number of hydrazine groups is 1. The fraction of sp³-hybridized carbons (Fsp3) is 0.357. The van der Waals surface area contributed by atoms with E-state index in [9.17, 15) is 0 Å². The molecule has 1 aromatic carbocycles. The molecule has 7 heteroatoms. The quantitative estimate of drug-likeness (QED) is 0.604. The molecule has 0 aliphatic carbocycles. The zero-order chi connectivity index (χ0) is 15.4. The zero-order valence-electron chi connectivity index (χ0n) is 11.9. The van der Waals surface area contributed by atoms with Gasteiger partial charge >= 0.3 is 0 Å². The van der Waals surface area contributed by atoms with Crippen LogP contribution in [-0.4, -0.2) is 23.5 Å². The topological polar surface area (TPSA) is 65.1 Å². The number of halogens is 2. The van der Waals surface area contributed by atoms with Gasteiger partial charge in [0.15, 0.2) is 0 Å². The Morgan fingerprint density at radius 3 is 2.90 bits per heavy atom. The SMILES string of the molecule is COCCn1ncc(Cl)c1C(NN)c1ccc(C)cc1Br. The second-order valence-electron chi connectivity index (χ2n) is 4.72. The number of hydrogen-bond acceptors (Lipinski definition) is 4. The van der Waals surface area contributed by atoms with Gasteiger partial charge in [0.1, 0.15) is 0 Å². The molecule has 0 aliphatic heterocycles. The van der Waals surface area contributed by atoms with Crippen LogP contribution >= 0.6 is 27.5 Å². The average Bonchev–Trinajstić information content (AvgIpc) is 2.81. The molecule has 21 heavy (non-hydrogen) atoms. The Balaban J connectivity index is 2.43. The minimum Gasteiger partial charge on any atom is -0.383 e. The second-order valence-corrected chi connectivity index (χ2v) is 5.98. The largest absolute Gasteiger partial charge is 0.383 e. The zero-order valence-corrected chi connectivity index (χ0v) is 14.3. The molecule has 0 saturated carbocycles. The van der Waals surface area contributed by atoms with Crippen LogP contribution in [0.5, 0.6) is 0 Å². The van der Waals surface area contributed by atoms with Gasteiger partial charge < -0.3 is 4.74 Å². The molecule has 1 aromatic heterocycles. The predicted molar refractivity (Wildman–Crippen MR) is 87.2 cm³/mol. The molecular weight excluding hydrogens is 356 g/mol. The van der Waals surface area contributed by atoms with Gasteiger partial charge in [0, 0.05) is 11.6 Å². The van der Waals surface area contributed by atoms with E-state index < -0.39 is 0 Å². The fourth-order valence-corrected chi connectivity index (χ4v) is 3.17. The van der Waals surface area contributed by atoms with Crippen molar-refractivity contribution in [3.8, 4) is 0 Å². The number of methoxy groups -OCH3 is 1. The minimum atomic E-state index is -0.258. The Morgan fingerprint density at radius 2 is 2.29 bits per heavy atom. The van der Waals surface area contributed by atoms with E-state index in [-0.39, 0.29) is 6.04 Å². The maximum Gasteiger partial charge on any atom is 0.0904 e. The van der Waals surface area contributed by atoms with Crippen molar-refractivity contribution in [2.45, 2.75) is 19.5 Å². The summed E-state index contributed by atoms with van der Waals surface area (Å²) in [7, 11) is 1.65. The number of benzene rings is 1. The van der Waals surface area contributed by atoms with Crippen molar-refractivity contribution < 1.29 is 4.74 Å². The summed E-state index contributed by atoms with van der Waals surface area (Å²) in [4.78, 5) is 0. The average molecular weight is 374 g/mol. The molecule has 2 aromatic rings. The van der Waals surface area contributed by atoms with Crippen LogP contribution in [0.3, 0.4) is 0 Å². The third-order valence-corrected chi connectivity index (χ3v) is 4.23. The van der Waals surface area contributed by atoms with E-state index in [1.807, 2.05) is 29.8 Å². The van der Waals surface area contributed by atoms with Crippen LogP contribution in [0, 0.1) is 6.92 Å². The summed E-state index contributed by atoms with van der Waals surface area (Å²) < 4.78 is 7.89. The molecular formula is C14H18BrClN4O. The first-order valence-corrected chi connectivity index (χ1v) is 7.68. The van der Waals surface area contributed by atoms with Crippen molar-refractivity contribution in [3.05, 3.63) is 50.7 Å². The molecule has 0 amide bonds. The summed E-state index contributed by atoms with van der Waals surface area (Å²) >= 11 is 9.88. The molecule has 0 saturated heterocycles. The molecule has 0 bridgehead atoms. The van der Waals surface area contributed by atoms with E-state index in [0.29, 0.717) is 18.2 Å². The lowest BCUT2D eigenvalue weighted by atomic mass is 10.0. The van der Waals surface area contributed by atoms with Crippen molar-refractivity contribution in [2.75, 3.05) is 13.7 Å². The summed E-state index contributed by atoms with van der Waals surface area (Å²) in [6.45, 7) is 3.20. The van der Waals surface area contributed by atoms with Crippen LogP contribution in [-0.2, 0) is 11.3 Å². The molecule has 0 fully saturated rings. The number of hydrogen-bond donors (Lipinski definition) is 2. The maximum absolute atomic E-state index is 6.30. The molecule has 114 valence electrons. The highest BCUT2D eigenvalue weighted by Gasteiger charge is 2.23. The first-order valence-electron chi connectivity index (χ1n) is 6.50. The number of nitrogens with two attached hydrogens (primary N) is 1. The van der Waals surface area contributed by atoms with Crippen LogP contribution in [0.25, 0.3) is 0 Å². The third-order valence-electron chi connectivity index (χ3n) is 3.25. The van der Waals surface area contributed by atoms with E-state index in [1.165, 1.54) is 5.56 Å². The Hall–Kier alpha value is -0.920. The number of aromatic nitrogens is 2. The predicted octanol–water partition coefficient (Wildman–Crippen LogP) is 2.81. The summed E-state index contributed by atoms with van der Waals surface area (Å²) in [6, 6.07) is 5.85. The van der Waals surface area contributed by atoms with E-state index >= 15 is 0 Å². The molecule has 0 aliphatic rings. The second kappa shape index (κ2) is 7.38. The van der Waals surface area contributed by atoms with E-state index in [2.05, 4.69) is 26.5 Å². The van der Waals surface area contributed by atoms with Gasteiger partial charge in [-0.1, -0.05) is 39.7 Å². The van der Waals surface area contributed by atoms with Crippen molar-refractivity contribution in [3.63, 3.8) is 0 Å². The van der Waals surface area contributed by atoms with Gasteiger partial charge in [0.2, 0.25) is 0 Å². The van der Waals surface area contributed by atoms with Gasteiger partial charge in [-0.25, -0.2) is 5.43 Å². The summed E-state index contributed by atoms with van der Waals surface area (Å²) in [5.74, 6) is 5.77. The fourth-order valence-electron chi connectivity index (χ4n) is 2.20. The lowest BCUT2D eigenvalue weighted by Gasteiger charge is -2.20. The van der Waals surface area contributed by atoms with Gasteiger partial charge in [-0.3, -0.25) is 10.5 Å². The third kappa shape index (κ3) is 3.64. The smallest absolute Gasteiger partial charge is 0.0904 e. The first-order chi connectivity index (χ1) is 10.1. The van der Waals surface area contributed by atoms with E-state index in [0.717, 1.165) is 15.7 Å². The van der Waals surface area contributed by atoms with Gasteiger partial charge in [-0.2, -0.15) is 5.10 Å². The highest BCUT2D eigenvalue weighted by Crippen LogP contribution is 2.32. The van der Waals surface area contributed by atoms with Crippen LogP contribution in [0.1, 0.15) is 22.9 Å². The van der Waals surface area contributed by atoms with Crippen LogP contribution in [0.15, 0.2) is 28.9 Å². The maximum atomic E-state index is 6.30. The minimum absolute atomic E-state index is 0.258. The molecule has 1 unspecified atom stereocenters. The number of aryl methyl sites for hydroxylation is 1. The molecule has 0 spiro atoms. The Bertz CT molecular complexity index is 617. The van der Waals surface area contributed by atoms with Crippen molar-refractivity contribution in [2.24, 2.45) is 5.84 Å². The van der Waals surface area contributed by atoms with Gasteiger partial charge in [-0.15, -0.1) is 0 Å². The molecule has 3 N–H and O–H groups in total. The van der Waals surface area contributed by atoms with E-state index in [1.54, 1.807) is 13.3 Å². The molecule has 1 heterocycles. The Labute approximate surface area is 137 Å². The van der Waals surface area contributed by atoms with Gasteiger partial charge in [0.05, 0.1) is 36.1 Å². The monoisotopic (exact) mass is 372 g/mol. The summed E-state index contributed by atoms with van der Waals surface area (Å²) in [5.41, 5.74) is 5.81. The summed E-state index contributed by atoms with van der Waals surface area (Å²) in [6.07, 6.45) is 1.62. The van der Waals surface area contributed by atoms with Crippen LogP contribution in [0.2, 0.25) is 5.02 Å². The Kier molecular flexibility index (Phi) is 5.78. The molecule has 0 radical (unpaired) electrons. The van der Waals surface area contributed by atoms with Crippen molar-refractivity contribution in [1.82, 2.24) is 15.2 Å². The standard InChI is InChI=1S/C14H18BrClN4O/c1-9-3-4-10(11(15)7-9)13(19-17)14-12(16)8-18-20(14)5-6-21-2/h3-4,7-8,13,19H,5-6,17H2,1-2H3. The van der Waals surface area contributed by atoms with Gasteiger partial charge in [0.25, 0.3) is 0 Å². The number of nitrogens with one attached hydrogen (secondary N) is 1. The molecule has 5 nitrogen and oxygen atoms in total. The lowest BCUT2D eigenvalue weighted by molar-refractivity contribution is 0.182. The number of ether oxygens (including phenoxy) is 1.